The van der Waals surface area contributed by atoms with Crippen LogP contribution in [-0.2, 0) is 13.5 Å². The molecule has 1 aromatic carbocycles. The van der Waals surface area contributed by atoms with Gasteiger partial charge in [-0.05, 0) is 38.1 Å². The number of hydrogen-bond donors (Lipinski definition) is 1. The van der Waals surface area contributed by atoms with Crippen LogP contribution in [0.1, 0.15) is 11.1 Å². The van der Waals surface area contributed by atoms with Crippen molar-refractivity contribution in [3.05, 3.63) is 35.5 Å². The molecule has 0 atom stereocenters. The van der Waals surface area contributed by atoms with Gasteiger partial charge in [0.2, 0.25) is 0 Å². The molecule has 2 rings (SSSR count). The van der Waals surface area contributed by atoms with Crippen molar-refractivity contribution in [3.63, 3.8) is 0 Å². The Morgan fingerprint density at radius 2 is 2.13 bits per heavy atom. The van der Waals surface area contributed by atoms with Crippen LogP contribution >= 0.6 is 0 Å². The summed E-state index contributed by atoms with van der Waals surface area (Å²) in [5, 5.41) is 4.59. The molecule has 0 bridgehead atoms. The first-order valence-electron chi connectivity index (χ1n) is 5.42. The number of aryl methyl sites for hydroxylation is 2. The van der Waals surface area contributed by atoms with Crippen LogP contribution in [-0.4, -0.2) is 18.2 Å². The molecule has 0 amide bonds. The van der Waals surface area contributed by atoms with Crippen LogP contribution in [0.3, 0.4) is 0 Å². The molecular weight excluding hydrogens is 184 g/mol. The van der Waals surface area contributed by atoms with E-state index in [0.29, 0.717) is 0 Å². The van der Waals surface area contributed by atoms with E-state index in [2.05, 4.69) is 48.3 Å². The average molecular weight is 202 g/mol. The predicted molar refractivity (Wildman–Crippen MR) is 65.3 cm³/mol. The maximum Gasteiger partial charge on any atom is 0.0510 e. The highest BCUT2D eigenvalue weighted by atomic mass is 14.9. The molecule has 0 saturated carbocycles. The van der Waals surface area contributed by atoms with E-state index in [4.69, 9.17) is 0 Å². The zero-order chi connectivity index (χ0) is 10.8. The minimum Gasteiger partial charge on any atom is -0.350 e. The summed E-state index contributed by atoms with van der Waals surface area (Å²) in [5.41, 5.74) is 4.15. The highest BCUT2D eigenvalue weighted by molar-refractivity contribution is 5.86. The summed E-state index contributed by atoms with van der Waals surface area (Å²) in [7, 11) is 4.12. The van der Waals surface area contributed by atoms with E-state index in [-0.39, 0.29) is 0 Å². The highest BCUT2D eigenvalue weighted by Gasteiger charge is 2.07. The standard InChI is InChI=1S/C13H18N2/c1-10-5-4-6-12-11(7-8-14-2)9-15(3)13(10)12/h4-6,9,14H,7-8H2,1-3H3. The molecular formula is C13H18N2. The summed E-state index contributed by atoms with van der Waals surface area (Å²) < 4.78 is 2.23. The van der Waals surface area contributed by atoms with Gasteiger partial charge in [-0.25, -0.2) is 0 Å². The Labute approximate surface area is 90.9 Å². The third kappa shape index (κ3) is 1.77. The third-order valence-corrected chi connectivity index (χ3v) is 2.93. The smallest absolute Gasteiger partial charge is 0.0510 e. The lowest BCUT2D eigenvalue weighted by Crippen LogP contribution is -2.09. The molecule has 1 heterocycles. The maximum absolute atomic E-state index is 3.20. The molecule has 0 radical (unpaired) electrons. The maximum atomic E-state index is 3.20. The fourth-order valence-corrected chi connectivity index (χ4v) is 2.21. The Hall–Kier alpha value is -1.28. The Balaban J connectivity index is 2.53. The van der Waals surface area contributed by atoms with Crippen molar-refractivity contribution in [3.8, 4) is 0 Å². The Kier molecular flexibility index (Phi) is 2.78. The number of rotatable bonds is 3. The second kappa shape index (κ2) is 4.07. The lowest BCUT2D eigenvalue weighted by Gasteiger charge is -2.00. The van der Waals surface area contributed by atoms with Crippen molar-refractivity contribution in [2.75, 3.05) is 13.6 Å². The zero-order valence-corrected chi connectivity index (χ0v) is 9.67. The van der Waals surface area contributed by atoms with Gasteiger partial charge in [-0.1, -0.05) is 18.2 Å². The van der Waals surface area contributed by atoms with Crippen LogP contribution in [0.15, 0.2) is 24.4 Å². The molecule has 1 aromatic heterocycles. The van der Waals surface area contributed by atoms with Gasteiger partial charge in [0, 0.05) is 18.6 Å². The van der Waals surface area contributed by atoms with Crippen LogP contribution < -0.4 is 5.32 Å². The largest absolute Gasteiger partial charge is 0.350 e. The van der Waals surface area contributed by atoms with Crippen LogP contribution in [0.4, 0.5) is 0 Å². The first-order valence-corrected chi connectivity index (χ1v) is 5.42. The summed E-state index contributed by atoms with van der Waals surface area (Å²) in [4.78, 5) is 0. The van der Waals surface area contributed by atoms with Crippen molar-refractivity contribution in [1.82, 2.24) is 9.88 Å². The number of para-hydroxylation sites is 1. The molecule has 0 aliphatic carbocycles. The SMILES string of the molecule is CNCCc1cn(C)c2c(C)cccc12. The number of likely N-dealkylation sites (N-methyl/N-ethyl adjacent to an activating group) is 1. The van der Waals surface area contributed by atoms with E-state index in [1.165, 1.54) is 22.0 Å². The fourth-order valence-electron chi connectivity index (χ4n) is 2.21. The van der Waals surface area contributed by atoms with Crippen LogP contribution in [0.2, 0.25) is 0 Å². The van der Waals surface area contributed by atoms with Crippen molar-refractivity contribution in [2.24, 2.45) is 7.05 Å². The molecule has 0 aliphatic rings. The van der Waals surface area contributed by atoms with Gasteiger partial charge in [-0.2, -0.15) is 0 Å². The third-order valence-electron chi connectivity index (χ3n) is 2.93. The number of hydrogen-bond acceptors (Lipinski definition) is 1. The second-order valence-corrected chi connectivity index (χ2v) is 4.09. The molecule has 1 N–H and O–H groups in total. The predicted octanol–water partition coefficient (Wildman–Crippen LogP) is 2.25. The fraction of sp³-hybridized carbons (Fsp3) is 0.385. The normalized spacial score (nSPS) is 11.1. The van der Waals surface area contributed by atoms with E-state index in [1.807, 2.05) is 7.05 Å². The van der Waals surface area contributed by atoms with E-state index >= 15 is 0 Å². The monoisotopic (exact) mass is 202 g/mol. The van der Waals surface area contributed by atoms with Crippen molar-refractivity contribution in [2.45, 2.75) is 13.3 Å². The molecule has 15 heavy (non-hydrogen) atoms. The van der Waals surface area contributed by atoms with E-state index in [1.54, 1.807) is 0 Å². The summed E-state index contributed by atoms with van der Waals surface area (Å²) in [6.07, 6.45) is 3.34. The second-order valence-electron chi connectivity index (χ2n) is 4.09. The molecule has 2 nitrogen and oxygen atoms in total. The van der Waals surface area contributed by atoms with Crippen LogP contribution in [0, 0.1) is 6.92 Å². The van der Waals surface area contributed by atoms with E-state index in [9.17, 15) is 0 Å². The number of aromatic nitrogens is 1. The number of nitrogens with zero attached hydrogens (tertiary/aromatic N) is 1. The molecule has 80 valence electrons. The first kappa shape index (κ1) is 10.2. The number of fused-ring (bicyclic) bond motifs is 1. The highest BCUT2D eigenvalue weighted by Crippen LogP contribution is 2.23. The van der Waals surface area contributed by atoms with Crippen LogP contribution in [0.5, 0.6) is 0 Å². The summed E-state index contributed by atoms with van der Waals surface area (Å²) >= 11 is 0. The molecule has 0 fully saturated rings. The van der Waals surface area contributed by atoms with Gasteiger partial charge < -0.3 is 9.88 Å². The number of benzene rings is 1. The van der Waals surface area contributed by atoms with Crippen LogP contribution in [0.25, 0.3) is 10.9 Å². The Bertz CT molecular complexity index is 469. The molecule has 2 heteroatoms. The summed E-state index contributed by atoms with van der Waals surface area (Å²) in [6.45, 7) is 3.21. The Morgan fingerprint density at radius 3 is 2.87 bits per heavy atom. The minimum atomic E-state index is 1.03. The molecule has 0 unspecified atom stereocenters. The van der Waals surface area contributed by atoms with Gasteiger partial charge in [-0.15, -0.1) is 0 Å². The van der Waals surface area contributed by atoms with Crippen molar-refractivity contribution in [1.29, 1.82) is 0 Å². The van der Waals surface area contributed by atoms with E-state index < -0.39 is 0 Å². The topological polar surface area (TPSA) is 17.0 Å². The quantitative estimate of drug-likeness (QED) is 0.807. The van der Waals surface area contributed by atoms with Gasteiger partial charge >= 0.3 is 0 Å². The average Bonchev–Trinajstić information content (AvgIpc) is 2.54. The lowest BCUT2D eigenvalue weighted by atomic mass is 10.1. The molecule has 2 aromatic rings. The Morgan fingerprint density at radius 1 is 1.33 bits per heavy atom. The van der Waals surface area contributed by atoms with Gasteiger partial charge in [0.15, 0.2) is 0 Å². The zero-order valence-electron chi connectivity index (χ0n) is 9.67. The van der Waals surface area contributed by atoms with Crippen molar-refractivity contribution >= 4 is 10.9 Å². The van der Waals surface area contributed by atoms with Gasteiger partial charge in [0.25, 0.3) is 0 Å². The first-order chi connectivity index (χ1) is 7.24. The molecule has 0 saturated heterocycles. The van der Waals surface area contributed by atoms with Crippen molar-refractivity contribution < 1.29 is 0 Å². The van der Waals surface area contributed by atoms with Gasteiger partial charge in [0.1, 0.15) is 0 Å². The van der Waals surface area contributed by atoms with Gasteiger partial charge in [-0.3, -0.25) is 0 Å². The van der Waals surface area contributed by atoms with Gasteiger partial charge in [0.05, 0.1) is 5.52 Å². The minimum absolute atomic E-state index is 1.03. The summed E-state index contributed by atoms with van der Waals surface area (Å²) in [5.74, 6) is 0. The van der Waals surface area contributed by atoms with E-state index in [0.717, 1.165) is 13.0 Å². The number of nitrogens with one attached hydrogen (secondary N) is 1. The summed E-state index contributed by atoms with van der Waals surface area (Å²) in [6, 6.07) is 6.53. The molecule has 0 aliphatic heterocycles. The molecule has 0 spiro atoms. The lowest BCUT2D eigenvalue weighted by molar-refractivity contribution is 0.791.